The molecule has 0 atom stereocenters. The molecule has 0 aromatic rings. The maximum absolute atomic E-state index is 5.66. The van der Waals surface area contributed by atoms with Gasteiger partial charge in [0.05, 0.1) is 8.07 Å². The van der Waals surface area contributed by atoms with Crippen molar-refractivity contribution in [1.82, 2.24) is 0 Å². The quantitative estimate of drug-likeness (QED) is 0.666. The van der Waals surface area contributed by atoms with Crippen LogP contribution in [0.5, 0.6) is 0 Å². The van der Waals surface area contributed by atoms with Crippen molar-refractivity contribution < 1.29 is 0 Å². The second-order valence-corrected chi connectivity index (χ2v) is 11.7. The lowest BCUT2D eigenvalue weighted by atomic mass is 10.5. The van der Waals surface area contributed by atoms with E-state index in [9.17, 15) is 0 Å². The van der Waals surface area contributed by atoms with Gasteiger partial charge in [-0.25, -0.2) is 0 Å². The van der Waals surface area contributed by atoms with E-state index >= 15 is 0 Å². The van der Waals surface area contributed by atoms with Crippen LogP contribution in [0, 0.1) is 0 Å². The molecule has 2 heteroatoms. The zero-order chi connectivity index (χ0) is 11.4. The zero-order valence-electron chi connectivity index (χ0n) is 10.9. The molecule has 86 valence electrons. The van der Waals surface area contributed by atoms with E-state index in [4.69, 9.17) is 5.73 Å². The Morgan fingerprint density at radius 3 is 1.43 bits per heavy atom. The standard InChI is InChI=1S/C12H29NSi/c1-10(2)14(11(3)4,12(5)6)9-7-8-13/h10-12H,7-9,13H2,1-6H3. The van der Waals surface area contributed by atoms with Gasteiger partial charge in [0.25, 0.3) is 0 Å². The first-order valence-corrected chi connectivity index (χ1v) is 8.53. The summed E-state index contributed by atoms with van der Waals surface area (Å²) in [5.74, 6) is 0. The highest BCUT2D eigenvalue weighted by Gasteiger charge is 2.41. The van der Waals surface area contributed by atoms with Crippen LogP contribution in [-0.4, -0.2) is 14.6 Å². The molecule has 0 spiro atoms. The molecule has 0 radical (unpaired) electrons. The van der Waals surface area contributed by atoms with Crippen LogP contribution in [0.4, 0.5) is 0 Å². The number of hydrogen-bond donors (Lipinski definition) is 1. The molecular weight excluding hydrogens is 186 g/mol. The van der Waals surface area contributed by atoms with Gasteiger partial charge in [-0.05, 0) is 13.0 Å². The Morgan fingerprint density at radius 1 is 0.857 bits per heavy atom. The highest BCUT2D eigenvalue weighted by Crippen LogP contribution is 2.44. The third-order valence-electron chi connectivity index (χ3n) is 4.04. The van der Waals surface area contributed by atoms with Crippen molar-refractivity contribution in [3.63, 3.8) is 0 Å². The summed E-state index contributed by atoms with van der Waals surface area (Å²) in [5, 5.41) is 0. The molecular formula is C12H29NSi. The van der Waals surface area contributed by atoms with Crippen LogP contribution in [0.25, 0.3) is 0 Å². The van der Waals surface area contributed by atoms with E-state index < -0.39 is 8.07 Å². The van der Waals surface area contributed by atoms with Crippen LogP contribution in [0.3, 0.4) is 0 Å². The van der Waals surface area contributed by atoms with Crippen LogP contribution in [-0.2, 0) is 0 Å². The van der Waals surface area contributed by atoms with E-state index in [1.807, 2.05) is 0 Å². The fraction of sp³-hybridized carbons (Fsp3) is 1.00. The maximum Gasteiger partial charge on any atom is 0.0613 e. The third-order valence-corrected chi connectivity index (χ3v) is 11.7. The van der Waals surface area contributed by atoms with Crippen LogP contribution in [0.1, 0.15) is 48.0 Å². The Balaban J connectivity index is 4.76. The molecule has 0 aromatic carbocycles. The molecule has 1 nitrogen and oxygen atoms in total. The molecule has 0 unspecified atom stereocenters. The van der Waals surface area contributed by atoms with Crippen molar-refractivity contribution in [2.75, 3.05) is 6.54 Å². The van der Waals surface area contributed by atoms with E-state index in [2.05, 4.69) is 41.5 Å². The molecule has 0 aromatic heterocycles. The number of hydrogen-bond acceptors (Lipinski definition) is 1. The van der Waals surface area contributed by atoms with Crippen molar-refractivity contribution in [3.05, 3.63) is 0 Å². The third kappa shape index (κ3) is 2.83. The predicted molar refractivity (Wildman–Crippen MR) is 69.5 cm³/mol. The van der Waals surface area contributed by atoms with Crippen molar-refractivity contribution in [2.45, 2.75) is 70.6 Å². The van der Waals surface area contributed by atoms with Gasteiger partial charge in [0.15, 0.2) is 0 Å². The summed E-state index contributed by atoms with van der Waals surface area (Å²) in [6.07, 6.45) is 1.22. The topological polar surface area (TPSA) is 26.0 Å². The Bertz CT molecular complexity index is 131. The molecule has 0 fully saturated rings. The smallest absolute Gasteiger partial charge is 0.0613 e. The first-order chi connectivity index (χ1) is 6.39. The van der Waals surface area contributed by atoms with Crippen LogP contribution in [0.2, 0.25) is 22.7 Å². The zero-order valence-corrected chi connectivity index (χ0v) is 11.9. The van der Waals surface area contributed by atoms with Gasteiger partial charge >= 0.3 is 0 Å². The Labute approximate surface area is 91.5 Å². The highest BCUT2D eigenvalue weighted by molar-refractivity contribution is 6.83. The van der Waals surface area contributed by atoms with Crippen LogP contribution >= 0.6 is 0 Å². The first kappa shape index (κ1) is 14.2. The number of rotatable bonds is 6. The van der Waals surface area contributed by atoms with E-state index in [0.29, 0.717) is 0 Å². The van der Waals surface area contributed by atoms with Gasteiger partial charge < -0.3 is 5.73 Å². The summed E-state index contributed by atoms with van der Waals surface area (Å²) in [6.45, 7) is 15.4. The van der Waals surface area contributed by atoms with E-state index in [-0.39, 0.29) is 0 Å². The average Bonchev–Trinajstić information content (AvgIpc) is 2.03. The summed E-state index contributed by atoms with van der Waals surface area (Å²) in [7, 11) is -1.13. The minimum Gasteiger partial charge on any atom is -0.330 e. The molecule has 0 bridgehead atoms. The lowest BCUT2D eigenvalue weighted by Crippen LogP contribution is -2.44. The fourth-order valence-electron chi connectivity index (χ4n) is 3.27. The minimum atomic E-state index is -1.13. The van der Waals surface area contributed by atoms with Crippen LogP contribution in [0.15, 0.2) is 0 Å². The van der Waals surface area contributed by atoms with Crippen molar-refractivity contribution in [2.24, 2.45) is 5.73 Å². The molecule has 0 aliphatic heterocycles. The molecule has 0 aliphatic rings. The molecule has 0 rings (SSSR count). The summed E-state index contributed by atoms with van der Waals surface area (Å²) < 4.78 is 0. The SMILES string of the molecule is CC(C)[Si](CCCN)(C(C)C)C(C)C. The van der Waals surface area contributed by atoms with Crippen molar-refractivity contribution in [1.29, 1.82) is 0 Å². The Hall–Kier alpha value is 0.177. The fourth-order valence-corrected chi connectivity index (χ4v) is 9.82. The van der Waals surface area contributed by atoms with Gasteiger partial charge in [-0.15, -0.1) is 0 Å². The van der Waals surface area contributed by atoms with Crippen molar-refractivity contribution >= 4 is 8.07 Å². The van der Waals surface area contributed by atoms with E-state index in [1.54, 1.807) is 0 Å². The molecule has 0 amide bonds. The Morgan fingerprint density at radius 2 is 1.21 bits per heavy atom. The number of nitrogens with two attached hydrogens (primary N) is 1. The van der Waals surface area contributed by atoms with E-state index in [0.717, 1.165) is 23.2 Å². The highest BCUT2D eigenvalue weighted by atomic mass is 28.3. The first-order valence-electron chi connectivity index (χ1n) is 6.09. The second kappa shape index (κ2) is 5.91. The molecule has 0 aliphatic carbocycles. The van der Waals surface area contributed by atoms with Gasteiger partial charge in [0, 0.05) is 0 Å². The second-order valence-electron chi connectivity index (χ2n) is 5.47. The monoisotopic (exact) mass is 215 g/mol. The average molecular weight is 215 g/mol. The normalized spacial score (nSPS) is 13.3. The van der Waals surface area contributed by atoms with Crippen LogP contribution < -0.4 is 5.73 Å². The molecule has 0 heterocycles. The predicted octanol–water partition coefficient (Wildman–Crippen LogP) is 4.01. The van der Waals surface area contributed by atoms with Gasteiger partial charge in [-0.3, -0.25) is 0 Å². The molecule has 0 saturated heterocycles. The van der Waals surface area contributed by atoms with Crippen molar-refractivity contribution in [3.8, 4) is 0 Å². The lowest BCUT2D eigenvalue weighted by Gasteiger charge is -2.43. The van der Waals surface area contributed by atoms with Gasteiger partial charge in [0.2, 0.25) is 0 Å². The summed E-state index contributed by atoms with van der Waals surface area (Å²) in [5.41, 5.74) is 8.31. The van der Waals surface area contributed by atoms with Gasteiger partial charge in [0.1, 0.15) is 0 Å². The molecule has 0 saturated carbocycles. The maximum atomic E-state index is 5.66. The summed E-state index contributed by atoms with van der Waals surface area (Å²) in [6, 6.07) is 1.41. The largest absolute Gasteiger partial charge is 0.330 e. The minimum absolute atomic E-state index is 0.862. The molecule has 14 heavy (non-hydrogen) atoms. The van der Waals surface area contributed by atoms with Gasteiger partial charge in [-0.2, -0.15) is 0 Å². The summed E-state index contributed by atoms with van der Waals surface area (Å²) in [4.78, 5) is 0. The lowest BCUT2D eigenvalue weighted by molar-refractivity contribution is 0.768. The Kier molecular flexibility index (Phi) is 5.99. The van der Waals surface area contributed by atoms with E-state index in [1.165, 1.54) is 12.5 Å². The molecule has 2 N–H and O–H groups in total. The summed E-state index contributed by atoms with van der Waals surface area (Å²) >= 11 is 0. The van der Waals surface area contributed by atoms with Gasteiger partial charge in [-0.1, -0.05) is 64.2 Å².